The molecule has 0 aromatic carbocycles. The molecule has 3 aromatic rings. The second-order valence-electron chi connectivity index (χ2n) is 4.96. The van der Waals surface area contributed by atoms with Gasteiger partial charge in [-0.3, -0.25) is 4.98 Å². The summed E-state index contributed by atoms with van der Waals surface area (Å²) >= 11 is 0. The van der Waals surface area contributed by atoms with Gasteiger partial charge in [0.1, 0.15) is 5.65 Å². The highest BCUT2D eigenvalue weighted by Gasteiger charge is 2.10. The third kappa shape index (κ3) is 2.42. The lowest BCUT2D eigenvalue weighted by Crippen LogP contribution is -2.19. The van der Waals surface area contributed by atoms with E-state index in [2.05, 4.69) is 39.7 Å². The van der Waals surface area contributed by atoms with Crippen molar-refractivity contribution in [3.8, 4) is 0 Å². The molecular weight excluding hydrogens is 248 g/mol. The van der Waals surface area contributed by atoms with E-state index in [4.69, 9.17) is 0 Å². The van der Waals surface area contributed by atoms with Gasteiger partial charge < -0.3 is 9.72 Å². The molecular formula is C16H18N4. The second kappa shape index (κ2) is 5.43. The van der Waals surface area contributed by atoms with Gasteiger partial charge in [0.05, 0.1) is 11.4 Å². The van der Waals surface area contributed by atoms with Crippen LogP contribution in [0.3, 0.4) is 0 Å². The van der Waals surface area contributed by atoms with Crippen molar-refractivity contribution in [3.63, 3.8) is 0 Å². The van der Waals surface area contributed by atoms with E-state index in [-0.39, 0.29) is 6.04 Å². The zero-order valence-corrected chi connectivity index (χ0v) is 11.7. The Balaban J connectivity index is 1.79. The van der Waals surface area contributed by atoms with Gasteiger partial charge in [-0.05, 0) is 43.7 Å². The maximum atomic E-state index is 4.58. The minimum Gasteiger partial charge on any atom is -0.305 e. The number of hydrogen-bond acceptors (Lipinski definition) is 3. The molecule has 1 N–H and O–H groups in total. The molecule has 3 aromatic heterocycles. The zero-order chi connectivity index (χ0) is 13.9. The minimum absolute atomic E-state index is 0.284. The fourth-order valence-electron chi connectivity index (χ4n) is 2.40. The summed E-state index contributed by atoms with van der Waals surface area (Å²) in [5.41, 5.74) is 4.52. The average Bonchev–Trinajstić information content (AvgIpc) is 2.81. The van der Waals surface area contributed by atoms with E-state index in [1.165, 1.54) is 11.3 Å². The summed E-state index contributed by atoms with van der Waals surface area (Å²) in [6, 6.07) is 10.4. The Labute approximate surface area is 118 Å². The van der Waals surface area contributed by atoms with Crippen LogP contribution in [-0.4, -0.2) is 14.4 Å². The molecule has 0 bridgehead atoms. The van der Waals surface area contributed by atoms with Crippen molar-refractivity contribution < 1.29 is 0 Å². The van der Waals surface area contributed by atoms with E-state index < -0.39 is 0 Å². The van der Waals surface area contributed by atoms with Gasteiger partial charge in [0.25, 0.3) is 0 Å². The third-order valence-electron chi connectivity index (χ3n) is 3.61. The van der Waals surface area contributed by atoms with Crippen LogP contribution in [0.2, 0.25) is 0 Å². The Morgan fingerprint density at radius 2 is 2.00 bits per heavy atom. The summed E-state index contributed by atoms with van der Waals surface area (Å²) in [6.07, 6.45) is 5.71. The Morgan fingerprint density at radius 3 is 2.80 bits per heavy atom. The number of aromatic nitrogens is 3. The van der Waals surface area contributed by atoms with Gasteiger partial charge in [-0.2, -0.15) is 0 Å². The van der Waals surface area contributed by atoms with Gasteiger partial charge in [0.2, 0.25) is 0 Å². The topological polar surface area (TPSA) is 42.2 Å². The zero-order valence-electron chi connectivity index (χ0n) is 11.7. The van der Waals surface area contributed by atoms with E-state index >= 15 is 0 Å². The van der Waals surface area contributed by atoms with Crippen molar-refractivity contribution in [2.45, 2.75) is 26.4 Å². The summed E-state index contributed by atoms with van der Waals surface area (Å²) < 4.78 is 2.14. The number of hydrogen-bond donors (Lipinski definition) is 1. The first-order valence-corrected chi connectivity index (χ1v) is 6.81. The van der Waals surface area contributed by atoms with E-state index in [1.54, 1.807) is 0 Å². The van der Waals surface area contributed by atoms with Crippen LogP contribution in [0.25, 0.3) is 5.65 Å². The summed E-state index contributed by atoms with van der Waals surface area (Å²) in [5, 5.41) is 3.55. The fraction of sp³-hybridized carbons (Fsp3) is 0.250. The molecule has 0 fully saturated rings. The Hall–Kier alpha value is -2.20. The minimum atomic E-state index is 0.284. The summed E-state index contributed by atoms with van der Waals surface area (Å²) in [4.78, 5) is 8.63. The lowest BCUT2D eigenvalue weighted by molar-refractivity contribution is 0.564. The molecule has 1 unspecified atom stereocenters. The average molecular weight is 266 g/mol. The lowest BCUT2D eigenvalue weighted by atomic mass is 10.1. The SMILES string of the molecule is Cc1nc2ccccn2c1CNC(C)c1ccncc1. The molecule has 3 heterocycles. The van der Waals surface area contributed by atoms with Crippen molar-refractivity contribution in [3.05, 3.63) is 65.9 Å². The quantitative estimate of drug-likeness (QED) is 0.789. The molecule has 20 heavy (non-hydrogen) atoms. The number of nitrogens with zero attached hydrogens (tertiary/aromatic N) is 3. The highest BCUT2D eigenvalue weighted by Crippen LogP contribution is 2.15. The third-order valence-corrected chi connectivity index (χ3v) is 3.61. The van der Waals surface area contributed by atoms with Crippen LogP contribution in [-0.2, 0) is 6.54 Å². The molecule has 3 rings (SSSR count). The van der Waals surface area contributed by atoms with Crippen LogP contribution in [0.5, 0.6) is 0 Å². The number of imidazole rings is 1. The van der Waals surface area contributed by atoms with E-state index in [1.807, 2.05) is 42.7 Å². The molecule has 0 radical (unpaired) electrons. The summed E-state index contributed by atoms with van der Waals surface area (Å²) in [6.45, 7) is 5.01. The van der Waals surface area contributed by atoms with Crippen LogP contribution in [0, 0.1) is 6.92 Å². The molecule has 1 atom stereocenters. The predicted molar refractivity (Wildman–Crippen MR) is 79.4 cm³/mol. The van der Waals surface area contributed by atoms with Crippen LogP contribution < -0.4 is 5.32 Å². The molecule has 0 saturated carbocycles. The van der Waals surface area contributed by atoms with Gasteiger partial charge in [0, 0.05) is 31.2 Å². The normalized spacial score (nSPS) is 12.7. The Kier molecular flexibility index (Phi) is 3.48. The first-order valence-electron chi connectivity index (χ1n) is 6.81. The van der Waals surface area contributed by atoms with E-state index in [0.29, 0.717) is 0 Å². The summed E-state index contributed by atoms with van der Waals surface area (Å²) in [7, 11) is 0. The number of fused-ring (bicyclic) bond motifs is 1. The first-order chi connectivity index (χ1) is 9.75. The van der Waals surface area contributed by atoms with Crippen LogP contribution in [0.4, 0.5) is 0 Å². The molecule has 102 valence electrons. The molecule has 0 aliphatic carbocycles. The fourth-order valence-corrected chi connectivity index (χ4v) is 2.40. The highest BCUT2D eigenvalue weighted by molar-refractivity contribution is 5.42. The lowest BCUT2D eigenvalue weighted by Gasteiger charge is -2.14. The number of nitrogens with one attached hydrogen (secondary N) is 1. The summed E-state index contributed by atoms with van der Waals surface area (Å²) in [5.74, 6) is 0. The van der Waals surface area contributed by atoms with Crippen LogP contribution >= 0.6 is 0 Å². The van der Waals surface area contributed by atoms with Gasteiger partial charge in [-0.1, -0.05) is 6.07 Å². The molecule has 0 spiro atoms. The second-order valence-corrected chi connectivity index (χ2v) is 4.96. The Bertz CT molecular complexity index is 703. The van der Waals surface area contributed by atoms with Crippen molar-refractivity contribution in [1.82, 2.24) is 19.7 Å². The molecule has 0 aliphatic heterocycles. The van der Waals surface area contributed by atoms with Crippen molar-refractivity contribution in [2.24, 2.45) is 0 Å². The van der Waals surface area contributed by atoms with E-state index in [9.17, 15) is 0 Å². The molecule has 0 amide bonds. The van der Waals surface area contributed by atoms with Crippen LogP contribution in [0.1, 0.15) is 29.9 Å². The van der Waals surface area contributed by atoms with Crippen LogP contribution in [0.15, 0.2) is 48.9 Å². The standard InChI is InChI=1S/C16H18N4/c1-12(14-6-8-17-9-7-14)18-11-15-13(2)19-16-5-3-4-10-20(15)16/h3-10,12,18H,11H2,1-2H3. The monoisotopic (exact) mass is 266 g/mol. The molecule has 0 saturated heterocycles. The predicted octanol–water partition coefficient (Wildman–Crippen LogP) is 2.89. The maximum absolute atomic E-state index is 4.58. The molecule has 4 heteroatoms. The Morgan fingerprint density at radius 1 is 1.20 bits per heavy atom. The van der Waals surface area contributed by atoms with Crippen molar-refractivity contribution in [2.75, 3.05) is 0 Å². The highest BCUT2D eigenvalue weighted by atomic mass is 15.0. The number of pyridine rings is 2. The van der Waals surface area contributed by atoms with Gasteiger partial charge >= 0.3 is 0 Å². The van der Waals surface area contributed by atoms with Gasteiger partial charge in [-0.15, -0.1) is 0 Å². The number of aryl methyl sites for hydroxylation is 1. The first kappa shape index (κ1) is 12.8. The number of rotatable bonds is 4. The maximum Gasteiger partial charge on any atom is 0.137 e. The van der Waals surface area contributed by atoms with Crippen molar-refractivity contribution in [1.29, 1.82) is 0 Å². The molecule has 0 aliphatic rings. The van der Waals surface area contributed by atoms with E-state index in [0.717, 1.165) is 17.9 Å². The smallest absolute Gasteiger partial charge is 0.137 e. The van der Waals surface area contributed by atoms with Gasteiger partial charge in [0.15, 0.2) is 0 Å². The largest absolute Gasteiger partial charge is 0.305 e. The van der Waals surface area contributed by atoms with Gasteiger partial charge in [-0.25, -0.2) is 4.98 Å². The van der Waals surface area contributed by atoms with Crippen molar-refractivity contribution >= 4 is 5.65 Å². The molecule has 4 nitrogen and oxygen atoms in total.